The summed E-state index contributed by atoms with van der Waals surface area (Å²) >= 11 is 0. The lowest BCUT2D eigenvalue weighted by molar-refractivity contribution is 0.874. The van der Waals surface area contributed by atoms with Crippen molar-refractivity contribution in [3.8, 4) is 0 Å². The van der Waals surface area contributed by atoms with Gasteiger partial charge in [0.2, 0.25) is 0 Å². The van der Waals surface area contributed by atoms with E-state index < -0.39 is 0 Å². The van der Waals surface area contributed by atoms with Crippen molar-refractivity contribution in [3.63, 3.8) is 0 Å². The molecule has 0 fully saturated rings. The molecule has 3 heteroatoms. The zero-order chi connectivity index (χ0) is 13.9. The van der Waals surface area contributed by atoms with Gasteiger partial charge < -0.3 is 5.73 Å². The molecular weight excluding hydrogens is 246 g/mol. The number of rotatable bonds is 3. The summed E-state index contributed by atoms with van der Waals surface area (Å²) < 4.78 is 0. The van der Waals surface area contributed by atoms with Crippen molar-refractivity contribution in [1.29, 1.82) is 0 Å². The van der Waals surface area contributed by atoms with Crippen molar-refractivity contribution in [2.45, 2.75) is 19.4 Å². The van der Waals surface area contributed by atoms with Crippen LogP contribution in [0.4, 0.5) is 0 Å². The summed E-state index contributed by atoms with van der Waals surface area (Å²) in [5.74, 6) is 0. The van der Waals surface area contributed by atoms with E-state index in [9.17, 15) is 0 Å². The Kier molecular flexibility index (Phi) is 3.44. The molecule has 0 aliphatic rings. The van der Waals surface area contributed by atoms with Crippen molar-refractivity contribution in [1.82, 2.24) is 9.97 Å². The number of benzene rings is 2. The molecule has 0 radical (unpaired) electrons. The van der Waals surface area contributed by atoms with Crippen LogP contribution in [0, 0.1) is 0 Å². The second kappa shape index (κ2) is 5.39. The molecule has 2 N–H and O–H groups in total. The lowest BCUT2D eigenvalue weighted by Crippen LogP contribution is -2.12. The highest BCUT2D eigenvalue weighted by Crippen LogP contribution is 2.25. The molecule has 0 spiro atoms. The molecule has 1 atom stereocenters. The van der Waals surface area contributed by atoms with Crippen LogP contribution >= 0.6 is 0 Å². The minimum absolute atomic E-state index is 0.179. The zero-order valence-electron chi connectivity index (χ0n) is 11.5. The first-order chi connectivity index (χ1) is 9.79. The Labute approximate surface area is 118 Å². The summed E-state index contributed by atoms with van der Waals surface area (Å²) in [5.41, 5.74) is 11.6. The molecule has 1 unspecified atom stereocenters. The molecule has 1 heterocycles. The molecule has 1 aromatic heterocycles. The number of nitrogens with two attached hydrogens (primary N) is 1. The predicted octanol–water partition coefficient (Wildman–Crippen LogP) is 3.24. The monoisotopic (exact) mass is 263 g/mol. The van der Waals surface area contributed by atoms with Gasteiger partial charge in [0.25, 0.3) is 0 Å². The van der Waals surface area contributed by atoms with Gasteiger partial charge in [-0.1, -0.05) is 43.3 Å². The Hall–Kier alpha value is -2.26. The second-order valence-electron chi connectivity index (χ2n) is 4.84. The second-order valence-corrected chi connectivity index (χ2v) is 4.84. The van der Waals surface area contributed by atoms with E-state index in [1.165, 1.54) is 5.56 Å². The number of hydrogen-bond acceptors (Lipinski definition) is 3. The molecule has 0 saturated heterocycles. The summed E-state index contributed by atoms with van der Waals surface area (Å²) in [6.45, 7) is 2.15. The van der Waals surface area contributed by atoms with E-state index in [-0.39, 0.29) is 6.04 Å². The third-order valence-corrected chi connectivity index (χ3v) is 3.61. The summed E-state index contributed by atoms with van der Waals surface area (Å²) in [5, 5.41) is 0. The van der Waals surface area contributed by atoms with Gasteiger partial charge >= 0.3 is 0 Å². The summed E-state index contributed by atoms with van der Waals surface area (Å²) in [6.07, 6.45) is 4.45. The van der Waals surface area contributed by atoms with Crippen molar-refractivity contribution < 1.29 is 0 Å². The van der Waals surface area contributed by atoms with Crippen LogP contribution in [0.2, 0.25) is 0 Å². The largest absolute Gasteiger partial charge is 0.320 e. The van der Waals surface area contributed by atoms with Crippen molar-refractivity contribution >= 4 is 11.0 Å². The third-order valence-electron chi connectivity index (χ3n) is 3.61. The third kappa shape index (κ3) is 2.28. The van der Waals surface area contributed by atoms with Crippen LogP contribution in [0.1, 0.15) is 29.7 Å². The van der Waals surface area contributed by atoms with E-state index in [0.29, 0.717) is 0 Å². The van der Waals surface area contributed by atoms with Crippen molar-refractivity contribution in [3.05, 3.63) is 71.5 Å². The lowest BCUT2D eigenvalue weighted by Gasteiger charge is -2.14. The Bertz CT molecular complexity index is 714. The first-order valence-corrected chi connectivity index (χ1v) is 6.83. The SMILES string of the molecule is CCc1ccc(C(N)c2cccc3nccnc23)cc1. The molecule has 100 valence electrons. The summed E-state index contributed by atoms with van der Waals surface area (Å²) in [4.78, 5) is 8.75. The Morgan fingerprint density at radius 3 is 2.50 bits per heavy atom. The number of para-hydroxylation sites is 1. The Balaban J connectivity index is 2.05. The van der Waals surface area contributed by atoms with Crippen molar-refractivity contribution in [2.24, 2.45) is 5.73 Å². The first kappa shape index (κ1) is 12.8. The van der Waals surface area contributed by atoms with E-state index in [4.69, 9.17) is 5.73 Å². The number of aryl methyl sites for hydroxylation is 1. The average Bonchev–Trinajstić information content (AvgIpc) is 2.54. The van der Waals surface area contributed by atoms with Gasteiger partial charge in [-0.15, -0.1) is 0 Å². The summed E-state index contributed by atoms with van der Waals surface area (Å²) in [7, 11) is 0. The van der Waals surface area contributed by atoms with Gasteiger partial charge in [0.1, 0.15) is 0 Å². The maximum atomic E-state index is 6.41. The summed E-state index contributed by atoms with van der Waals surface area (Å²) in [6, 6.07) is 14.2. The van der Waals surface area contributed by atoms with E-state index in [0.717, 1.165) is 28.6 Å². The molecule has 0 amide bonds. The molecule has 0 bridgehead atoms. The van der Waals surface area contributed by atoms with Gasteiger partial charge in [0.05, 0.1) is 17.1 Å². The molecule has 0 aliphatic carbocycles. The van der Waals surface area contributed by atoms with Gasteiger partial charge in [-0.05, 0) is 23.6 Å². The van der Waals surface area contributed by atoms with Gasteiger partial charge in [0.15, 0.2) is 0 Å². The fourth-order valence-electron chi connectivity index (χ4n) is 2.41. The number of fused-ring (bicyclic) bond motifs is 1. The van der Waals surface area contributed by atoms with E-state index >= 15 is 0 Å². The minimum atomic E-state index is -0.179. The molecule has 3 nitrogen and oxygen atoms in total. The molecule has 2 aromatic carbocycles. The molecule has 0 saturated carbocycles. The highest BCUT2D eigenvalue weighted by molar-refractivity contribution is 5.78. The van der Waals surface area contributed by atoms with Gasteiger partial charge in [0, 0.05) is 18.0 Å². The predicted molar refractivity (Wildman–Crippen MR) is 81.4 cm³/mol. The maximum absolute atomic E-state index is 6.41. The standard InChI is InChI=1S/C17H17N3/c1-2-12-6-8-13(9-7-12)16(18)14-4-3-5-15-17(14)20-11-10-19-15/h3-11,16H,2,18H2,1H3. The van der Waals surface area contributed by atoms with Crippen molar-refractivity contribution in [2.75, 3.05) is 0 Å². The fraction of sp³-hybridized carbons (Fsp3) is 0.176. The zero-order valence-corrected chi connectivity index (χ0v) is 11.5. The van der Waals surface area contributed by atoms with Crippen LogP contribution in [0.5, 0.6) is 0 Å². The molecule has 3 aromatic rings. The maximum Gasteiger partial charge on any atom is 0.0937 e. The smallest absolute Gasteiger partial charge is 0.0937 e. The molecule has 0 aliphatic heterocycles. The topological polar surface area (TPSA) is 51.8 Å². The van der Waals surface area contributed by atoms with Crippen LogP contribution in [0.3, 0.4) is 0 Å². The number of hydrogen-bond donors (Lipinski definition) is 1. The average molecular weight is 263 g/mol. The molecular formula is C17H17N3. The van der Waals surface area contributed by atoms with E-state index in [1.54, 1.807) is 12.4 Å². The quantitative estimate of drug-likeness (QED) is 0.789. The van der Waals surface area contributed by atoms with Gasteiger partial charge in [-0.2, -0.15) is 0 Å². The molecule has 20 heavy (non-hydrogen) atoms. The van der Waals surface area contributed by atoms with Gasteiger partial charge in [-0.25, -0.2) is 0 Å². The molecule has 3 rings (SSSR count). The number of aromatic nitrogens is 2. The highest BCUT2D eigenvalue weighted by atomic mass is 14.8. The normalized spacial score (nSPS) is 12.5. The Morgan fingerprint density at radius 2 is 1.75 bits per heavy atom. The number of nitrogens with zero attached hydrogens (tertiary/aromatic N) is 2. The lowest BCUT2D eigenvalue weighted by atomic mass is 9.97. The minimum Gasteiger partial charge on any atom is -0.320 e. The van der Waals surface area contributed by atoms with Crippen LogP contribution in [0.15, 0.2) is 54.9 Å². The Morgan fingerprint density at radius 1 is 1.00 bits per heavy atom. The van der Waals surface area contributed by atoms with E-state index in [2.05, 4.69) is 41.2 Å². The first-order valence-electron chi connectivity index (χ1n) is 6.83. The van der Waals surface area contributed by atoms with Crippen LogP contribution in [-0.4, -0.2) is 9.97 Å². The van der Waals surface area contributed by atoms with E-state index in [1.807, 2.05) is 18.2 Å². The van der Waals surface area contributed by atoms with Crippen LogP contribution < -0.4 is 5.73 Å². The van der Waals surface area contributed by atoms with Gasteiger partial charge in [-0.3, -0.25) is 9.97 Å². The van der Waals surface area contributed by atoms with Crippen LogP contribution in [-0.2, 0) is 6.42 Å². The fourth-order valence-corrected chi connectivity index (χ4v) is 2.41. The highest BCUT2D eigenvalue weighted by Gasteiger charge is 2.13. The van der Waals surface area contributed by atoms with Crippen LogP contribution in [0.25, 0.3) is 11.0 Å².